The van der Waals surface area contributed by atoms with Crippen LogP contribution in [0.15, 0.2) is 18.2 Å². The molecule has 22 heavy (non-hydrogen) atoms. The molecule has 2 rings (SSSR count). The molecule has 1 saturated heterocycles. The lowest BCUT2D eigenvalue weighted by molar-refractivity contribution is -0.126. The SMILES string of the molecule is Cc1c(Cl)cccc1NC(=O)CCNC(=O)C(C)C1CNC1. The number of hydrogen-bond donors (Lipinski definition) is 3. The average Bonchev–Trinajstić information content (AvgIpc) is 2.42. The van der Waals surface area contributed by atoms with Crippen molar-refractivity contribution in [2.24, 2.45) is 11.8 Å². The Bertz CT molecular complexity index is 558. The summed E-state index contributed by atoms with van der Waals surface area (Å²) in [5.74, 6) is 0.268. The van der Waals surface area contributed by atoms with Crippen LogP contribution in [0.2, 0.25) is 5.02 Å². The lowest BCUT2D eigenvalue weighted by Crippen LogP contribution is -2.49. The molecule has 1 unspecified atom stereocenters. The molecule has 0 spiro atoms. The van der Waals surface area contributed by atoms with Gasteiger partial charge in [-0.25, -0.2) is 0 Å². The molecule has 6 heteroatoms. The summed E-state index contributed by atoms with van der Waals surface area (Å²) in [7, 11) is 0. The fourth-order valence-corrected chi connectivity index (χ4v) is 2.47. The van der Waals surface area contributed by atoms with Crippen LogP contribution in [0.4, 0.5) is 5.69 Å². The molecule has 5 nitrogen and oxygen atoms in total. The summed E-state index contributed by atoms with van der Waals surface area (Å²) in [5, 5.41) is 9.41. The normalized spacial score (nSPS) is 15.8. The number of amides is 2. The molecule has 120 valence electrons. The van der Waals surface area contributed by atoms with Crippen LogP contribution in [-0.4, -0.2) is 31.4 Å². The maximum Gasteiger partial charge on any atom is 0.226 e. The van der Waals surface area contributed by atoms with Crippen LogP contribution in [0.25, 0.3) is 0 Å². The Morgan fingerprint density at radius 3 is 2.77 bits per heavy atom. The number of carbonyl (C=O) groups excluding carboxylic acids is 2. The molecule has 1 aromatic rings. The van der Waals surface area contributed by atoms with Crippen molar-refractivity contribution in [2.75, 3.05) is 25.0 Å². The van der Waals surface area contributed by atoms with E-state index in [9.17, 15) is 9.59 Å². The van der Waals surface area contributed by atoms with E-state index in [1.165, 1.54) is 0 Å². The van der Waals surface area contributed by atoms with E-state index < -0.39 is 0 Å². The maximum atomic E-state index is 11.9. The van der Waals surface area contributed by atoms with Crippen LogP contribution in [-0.2, 0) is 9.59 Å². The summed E-state index contributed by atoms with van der Waals surface area (Å²) in [6.45, 7) is 5.91. The molecule has 0 radical (unpaired) electrons. The van der Waals surface area contributed by atoms with Gasteiger partial charge < -0.3 is 16.0 Å². The monoisotopic (exact) mass is 323 g/mol. The third kappa shape index (κ3) is 4.21. The molecule has 1 fully saturated rings. The average molecular weight is 324 g/mol. The molecule has 0 bridgehead atoms. The highest BCUT2D eigenvalue weighted by molar-refractivity contribution is 6.31. The smallest absolute Gasteiger partial charge is 0.226 e. The summed E-state index contributed by atoms with van der Waals surface area (Å²) >= 11 is 6.01. The van der Waals surface area contributed by atoms with E-state index in [1.54, 1.807) is 12.1 Å². The van der Waals surface area contributed by atoms with E-state index >= 15 is 0 Å². The topological polar surface area (TPSA) is 70.2 Å². The highest BCUT2D eigenvalue weighted by atomic mass is 35.5. The molecule has 2 amide bonds. The van der Waals surface area contributed by atoms with Crippen molar-refractivity contribution in [3.8, 4) is 0 Å². The van der Waals surface area contributed by atoms with Gasteiger partial charge >= 0.3 is 0 Å². The zero-order valence-electron chi connectivity index (χ0n) is 12.9. The maximum absolute atomic E-state index is 11.9. The second-order valence-corrected chi connectivity index (χ2v) is 6.12. The molecule has 1 atom stereocenters. The number of halogens is 1. The van der Waals surface area contributed by atoms with E-state index in [4.69, 9.17) is 11.6 Å². The largest absolute Gasteiger partial charge is 0.355 e. The zero-order valence-corrected chi connectivity index (χ0v) is 13.7. The van der Waals surface area contributed by atoms with Gasteiger partial charge in [0.15, 0.2) is 0 Å². The Morgan fingerprint density at radius 1 is 1.41 bits per heavy atom. The van der Waals surface area contributed by atoms with Crippen molar-refractivity contribution in [1.82, 2.24) is 10.6 Å². The first-order valence-electron chi connectivity index (χ1n) is 7.52. The van der Waals surface area contributed by atoms with Crippen LogP contribution in [0.1, 0.15) is 18.9 Å². The Hall–Kier alpha value is -1.59. The second-order valence-electron chi connectivity index (χ2n) is 5.71. The van der Waals surface area contributed by atoms with Crippen molar-refractivity contribution < 1.29 is 9.59 Å². The molecule has 0 aliphatic carbocycles. The van der Waals surface area contributed by atoms with Crippen molar-refractivity contribution in [2.45, 2.75) is 20.3 Å². The Labute approximate surface area is 135 Å². The van der Waals surface area contributed by atoms with Crippen LogP contribution in [0.5, 0.6) is 0 Å². The lowest BCUT2D eigenvalue weighted by atomic mass is 9.88. The van der Waals surface area contributed by atoms with Crippen molar-refractivity contribution >= 4 is 29.1 Å². The van der Waals surface area contributed by atoms with E-state index in [0.29, 0.717) is 23.2 Å². The van der Waals surface area contributed by atoms with Gasteiger partial charge in [0.25, 0.3) is 0 Å². The van der Waals surface area contributed by atoms with E-state index in [2.05, 4.69) is 16.0 Å². The third-order valence-electron chi connectivity index (χ3n) is 4.13. The molecule has 1 aliphatic rings. The summed E-state index contributed by atoms with van der Waals surface area (Å²) in [5.41, 5.74) is 1.55. The summed E-state index contributed by atoms with van der Waals surface area (Å²) in [6, 6.07) is 5.38. The molecule has 3 N–H and O–H groups in total. The second kappa shape index (κ2) is 7.61. The Kier molecular flexibility index (Phi) is 5.80. The quantitative estimate of drug-likeness (QED) is 0.749. The molecule has 1 aromatic carbocycles. The predicted octanol–water partition coefficient (Wildman–Crippen LogP) is 1.95. The van der Waals surface area contributed by atoms with Gasteiger partial charge in [-0.1, -0.05) is 24.6 Å². The van der Waals surface area contributed by atoms with Gasteiger partial charge in [0.2, 0.25) is 11.8 Å². The first kappa shape index (κ1) is 16.8. The fourth-order valence-electron chi connectivity index (χ4n) is 2.29. The highest BCUT2D eigenvalue weighted by Crippen LogP contribution is 2.22. The van der Waals surface area contributed by atoms with Gasteiger partial charge in [0, 0.05) is 29.6 Å². The minimum atomic E-state index is -0.136. The summed E-state index contributed by atoms with van der Waals surface area (Å²) in [6.07, 6.45) is 0.243. The lowest BCUT2D eigenvalue weighted by Gasteiger charge is -2.31. The number of carbonyl (C=O) groups is 2. The van der Waals surface area contributed by atoms with Gasteiger partial charge in [-0.3, -0.25) is 9.59 Å². The molecule has 0 aromatic heterocycles. The minimum Gasteiger partial charge on any atom is -0.355 e. The Morgan fingerprint density at radius 2 is 2.14 bits per heavy atom. The van der Waals surface area contributed by atoms with Crippen molar-refractivity contribution in [1.29, 1.82) is 0 Å². The van der Waals surface area contributed by atoms with Gasteiger partial charge in [0.1, 0.15) is 0 Å². The first-order valence-corrected chi connectivity index (χ1v) is 7.90. The third-order valence-corrected chi connectivity index (χ3v) is 4.54. The molecular formula is C16H22ClN3O2. The Balaban J connectivity index is 1.73. The number of anilines is 1. The zero-order chi connectivity index (χ0) is 16.1. The number of benzene rings is 1. The summed E-state index contributed by atoms with van der Waals surface area (Å²) in [4.78, 5) is 23.8. The van der Waals surface area contributed by atoms with Gasteiger partial charge in [0.05, 0.1) is 0 Å². The highest BCUT2D eigenvalue weighted by Gasteiger charge is 2.28. The van der Waals surface area contributed by atoms with Crippen LogP contribution < -0.4 is 16.0 Å². The number of rotatable bonds is 6. The van der Waals surface area contributed by atoms with Gasteiger partial charge in [-0.15, -0.1) is 0 Å². The molecular weight excluding hydrogens is 302 g/mol. The predicted molar refractivity (Wildman–Crippen MR) is 88.0 cm³/mol. The van der Waals surface area contributed by atoms with E-state index in [1.807, 2.05) is 19.9 Å². The van der Waals surface area contributed by atoms with Crippen molar-refractivity contribution in [3.63, 3.8) is 0 Å². The molecule has 1 heterocycles. The van der Waals surface area contributed by atoms with Gasteiger partial charge in [-0.05, 0) is 43.6 Å². The van der Waals surface area contributed by atoms with Crippen LogP contribution >= 0.6 is 11.6 Å². The van der Waals surface area contributed by atoms with Gasteiger partial charge in [-0.2, -0.15) is 0 Å². The fraction of sp³-hybridized carbons (Fsp3) is 0.500. The standard InChI is InChI=1S/C16H22ClN3O2/c1-10(12-8-18-9-12)16(22)19-7-6-15(21)20-14-5-3-4-13(17)11(14)2/h3-5,10,12,18H,6-9H2,1-2H3,(H,19,22)(H,20,21). The summed E-state index contributed by atoms with van der Waals surface area (Å²) < 4.78 is 0. The number of hydrogen-bond acceptors (Lipinski definition) is 3. The first-order chi connectivity index (χ1) is 10.5. The molecule has 0 saturated carbocycles. The van der Waals surface area contributed by atoms with Crippen LogP contribution in [0, 0.1) is 18.8 Å². The molecule has 1 aliphatic heterocycles. The van der Waals surface area contributed by atoms with E-state index in [0.717, 1.165) is 18.7 Å². The minimum absolute atomic E-state index is 0.0123. The van der Waals surface area contributed by atoms with E-state index in [-0.39, 0.29) is 24.2 Å². The van der Waals surface area contributed by atoms with Crippen LogP contribution in [0.3, 0.4) is 0 Å². The number of nitrogens with one attached hydrogen (secondary N) is 3. The van der Waals surface area contributed by atoms with Crippen molar-refractivity contribution in [3.05, 3.63) is 28.8 Å².